The van der Waals surface area contributed by atoms with Gasteiger partial charge in [-0.25, -0.2) is 4.39 Å². The van der Waals surface area contributed by atoms with Crippen LogP contribution < -0.4 is 26.0 Å². The van der Waals surface area contributed by atoms with Gasteiger partial charge in [0, 0.05) is 13.1 Å². The van der Waals surface area contributed by atoms with E-state index in [1.54, 1.807) is 26.1 Å². The molecule has 4 rings (SSSR count). The summed E-state index contributed by atoms with van der Waals surface area (Å²) in [5.74, 6) is -2.84. The van der Waals surface area contributed by atoms with Crippen LogP contribution in [0.2, 0.25) is 0 Å². The van der Waals surface area contributed by atoms with Crippen molar-refractivity contribution >= 4 is 33.9 Å². The number of likely N-dealkylation sites (tertiary alicyclic amines) is 1. The van der Waals surface area contributed by atoms with Crippen LogP contribution in [-0.2, 0) is 31.0 Å². The molecule has 1 heterocycles. The Morgan fingerprint density at radius 2 is 1.89 bits per heavy atom. The van der Waals surface area contributed by atoms with Crippen molar-refractivity contribution in [3.63, 3.8) is 0 Å². The fourth-order valence-corrected chi connectivity index (χ4v) is 5.95. The summed E-state index contributed by atoms with van der Waals surface area (Å²) in [4.78, 5) is 53.6. The molecular formula is C29H35F2N5O7S. The summed E-state index contributed by atoms with van der Waals surface area (Å²) >= 11 is 0. The molecule has 0 radical (unpaired) electrons. The standard InChI is InChI=1S/C29H35F2N5O7S/c1-16(32-2)26(37)35-23(15-33-27(38)20-14-17(44(31,41)42)9-12-25(20)43-3)29(40)36-13-5-8-24(36)28(39)34-22-11-10-18-19(22)6-4-7-21(18)30/h4,6-7,9,12,14,16,22-24,32H,5,8,10-11,13,15H2,1-3H3,(H,33,38)(H,34,39)(H,35,37)/t16-,22+,23-,24-/m0/s1. The van der Waals surface area contributed by atoms with Crippen molar-refractivity contribution < 1.29 is 40.6 Å². The fourth-order valence-electron chi connectivity index (χ4n) is 5.46. The van der Waals surface area contributed by atoms with Crippen LogP contribution in [0.5, 0.6) is 5.75 Å². The van der Waals surface area contributed by atoms with E-state index < -0.39 is 69.5 Å². The Hall–Kier alpha value is -4.11. The van der Waals surface area contributed by atoms with Gasteiger partial charge in [-0.05, 0) is 75.0 Å². The van der Waals surface area contributed by atoms with Crippen molar-refractivity contribution in [2.45, 2.75) is 61.7 Å². The Morgan fingerprint density at radius 1 is 1.14 bits per heavy atom. The zero-order valence-corrected chi connectivity index (χ0v) is 25.3. The number of rotatable bonds is 11. The van der Waals surface area contributed by atoms with Gasteiger partial charge in [0.25, 0.3) is 5.91 Å². The van der Waals surface area contributed by atoms with E-state index in [0.717, 1.165) is 18.2 Å². The molecule has 2 aromatic carbocycles. The van der Waals surface area contributed by atoms with Crippen molar-refractivity contribution in [2.24, 2.45) is 0 Å². The molecule has 0 saturated carbocycles. The Bertz CT molecular complexity index is 1550. The summed E-state index contributed by atoms with van der Waals surface area (Å²) in [5, 5.41) is 10.8. The summed E-state index contributed by atoms with van der Waals surface area (Å²) in [6.07, 6.45) is 1.87. The number of carbonyl (C=O) groups is 4. The minimum Gasteiger partial charge on any atom is -0.496 e. The van der Waals surface area contributed by atoms with Crippen molar-refractivity contribution in [2.75, 3.05) is 27.2 Å². The fraction of sp³-hybridized carbons (Fsp3) is 0.448. The number of hydrogen-bond acceptors (Lipinski definition) is 8. The minimum absolute atomic E-state index is 0.0461. The quantitative estimate of drug-likeness (QED) is 0.267. The monoisotopic (exact) mass is 635 g/mol. The second-order valence-electron chi connectivity index (χ2n) is 10.7. The van der Waals surface area contributed by atoms with Gasteiger partial charge in [0.15, 0.2) is 0 Å². The molecule has 2 aliphatic rings. The van der Waals surface area contributed by atoms with E-state index in [1.165, 1.54) is 18.1 Å². The van der Waals surface area contributed by atoms with Gasteiger partial charge in [-0.15, -0.1) is 3.89 Å². The average Bonchev–Trinajstić information content (AvgIpc) is 3.66. The maximum Gasteiger partial charge on any atom is 0.332 e. The first kappa shape index (κ1) is 32.8. The van der Waals surface area contributed by atoms with E-state index in [2.05, 4.69) is 21.3 Å². The van der Waals surface area contributed by atoms with E-state index in [1.807, 2.05) is 0 Å². The average molecular weight is 636 g/mol. The largest absolute Gasteiger partial charge is 0.496 e. The normalized spacial score (nSPS) is 19.1. The maximum atomic E-state index is 14.2. The lowest BCUT2D eigenvalue weighted by atomic mass is 10.1. The van der Waals surface area contributed by atoms with Gasteiger partial charge in [-0.1, -0.05) is 12.1 Å². The lowest BCUT2D eigenvalue weighted by Gasteiger charge is -2.30. The Kier molecular flexibility index (Phi) is 10.2. The molecule has 1 aliphatic heterocycles. The predicted molar refractivity (Wildman–Crippen MR) is 154 cm³/mol. The van der Waals surface area contributed by atoms with Gasteiger partial charge >= 0.3 is 10.2 Å². The third-order valence-corrected chi connectivity index (χ3v) is 8.79. The summed E-state index contributed by atoms with van der Waals surface area (Å²) in [7, 11) is -2.34. The van der Waals surface area contributed by atoms with Gasteiger partial charge < -0.3 is 30.9 Å². The molecule has 0 aromatic heterocycles. The number of halogens is 2. The number of methoxy groups -OCH3 is 1. The van der Waals surface area contributed by atoms with E-state index in [4.69, 9.17) is 4.74 Å². The zero-order chi connectivity index (χ0) is 32.2. The number of fused-ring (bicyclic) bond motifs is 1. The second kappa shape index (κ2) is 13.7. The first-order valence-corrected chi connectivity index (χ1v) is 15.5. The van der Waals surface area contributed by atoms with Crippen molar-refractivity contribution in [3.8, 4) is 5.75 Å². The summed E-state index contributed by atoms with van der Waals surface area (Å²) in [6, 6.07) is 4.30. The Morgan fingerprint density at radius 3 is 2.57 bits per heavy atom. The van der Waals surface area contributed by atoms with Crippen LogP contribution in [0.3, 0.4) is 0 Å². The summed E-state index contributed by atoms with van der Waals surface area (Å²) in [6.45, 7) is 1.35. The molecule has 12 nitrogen and oxygen atoms in total. The second-order valence-corrected chi connectivity index (χ2v) is 12.0. The van der Waals surface area contributed by atoms with Gasteiger partial charge in [-0.3, -0.25) is 19.2 Å². The van der Waals surface area contributed by atoms with E-state index >= 15 is 0 Å². The number of likely N-dealkylation sites (N-methyl/N-ethyl adjacent to an activating group) is 1. The highest BCUT2D eigenvalue weighted by molar-refractivity contribution is 7.86. The minimum atomic E-state index is -5.13. The molecule has 15 heteroatoms. The molecule has 4 amide bonds. The predicted octanol–water partition coefficient (Wildman–Crippen LogP) is 1.11. The molecule has 0 bridgehead atoms. The van der Waals surface area contributed by atoms with Crippen LogP contribution in [0.25, 0.3) is 0 Å². The number of amides is 4. The van der Waals surface area contributed by atoms with Crippen molar-refractivity contribution in [3.05, 3.63) is 58.9 Å². The van der Waals surface area contributed by atoms with Gasteiger partial charge in [-0.2, -0.15) is 8.42 Å². The van der Waals surface area contributed by atoms with Crippen molar-refractivity contribution in [1.82, 2.24) is 26.2 Å². The van der Waals surface area contributed by atoms with E-state index in [-0.39, 0.29) is 23.7 Å². The molecule has 4 N–H and O–H groups in total. The molecule has 238 valence electrons. The first-order chi connectivity index (χ1) is 20.8. The maximum absolute atomic E-state index is 14.2. The van der Waals surface area contributed by atoms with Crippen LogP contribution in [-0.4, -0.2) is 82.3 Å². The smallest absolute Gasteiger partial charge is 0.332 e. The van der Waals surface area contributed by atoms with E-state index in [0.29, 0.717) is 36.8 Å². The van der Waals surface area contributed by atoms with Crippen molar-refractivity contribution in [1.29, 1.82) is 0 Å². The lowest BCUT2D eigenvalue weighted by molar-refractivity contribution is -0.141. The number of carbonyl (C=O) groups excluding carboxylic acids is 4. The number of ether oxygens (including phenoxy) is 1. The van der Waals surface area contributed by atoms with Crippen LogP contribution >= 0.6 is 0 Å². The molecule has 1 fully saturated rings. The third kappa shape index (κ3) is 7.16. The highest BCUT2D eigenvalue weighted by Crippen LogP contribution is 2.33. The Labute approximate surface area is 254 Å². The van der Waals surface area contributed by atoms with Gasteiger partial charge in [0.2, 0.25) is 17.7 Å². The topological polar surface area (TPSA) is 163 Å². The molecule has 1 saturated heterocycles. The lowest BCUT2D eigenvalue weighted by Crippen LogP contribution is -2.58. The number of nitrogens with one attached hydrogen (secondary N) is 4. The number of nitrogens with zero attached hydrogens (tertiary/aromatic N) is 1. The molecule has 0 unspecified atom stereocenters. The highest BCUT2D eigenvalue weighted by atomic mass is 32.3. The number of benzene rings is 2. The van der Waals surface area contributed by atoms with Crippen LogP contribution in [0, 0.1) is 5.82 Å². The SMILES string of the molecule is CN[C@@H](C)C(=O)N[C@@H](CNC(=O)c1cc(S(=O)(=O)F)ccc1OC)C(=O)N1CCC[C@H]1C(=O)N[C@@H]1CCc2c(F)cccc21. The first-order valence-electron chi connectivity index (χ1n) is 14.1. The molecule has 1 aliphatic carbocycles. The molecular weight excluding hydrogens is 600 g/mol. The van der Waals surface area contributed by atoms with Gasteiger partial charge in [0.05, 0.1) is 29.7 Å². The van der Waals surface area contributed by atoms with Crippen LogP contribution in [0.4, 0.5) is 8.28 Å². The number of hydrogen-bond donors (Lipinski definition) is 4. The Balaban J connectivity index is 1.52. The van der Waals surface area contributed by atoms with E-state index in [9.17, 15) is 35.9 Å². The molecule has 0 spiro atoms. The molecule has 2 aromatic rings. The van der Waals surface area contributed by atoms with Crippen LogP contribution in [0.15, 0.2) is 41.3 Å². The highest BCUT2D eigenvalue weighted by Gasteiger charge is 2.39. The third-order valence-electron chi connectivity index (χ3n) is 7.97. The summed E-state index contributed by atoms with van der Waals surface area (Å²) < 4.78 is 55.7. The molecule has 44 heavy (non-hydrogen) atoms. The van der Waals surface area contributed by atoms with Crippen LogP contribution in [0.1, 0.15) is 53.7 Å². The van der Waals surface area contributed by atoms with Gasteiger partial charge in [0.1, 0.15) is 23.7 Å². The zero-order valence-electron chi connectivity index (χ0n) is 24.5. The summed E-state index contributed by atoms with van der Waals surface area (Å²) in [5.41, 5.74) is 0.947. The molecule has 4 atom stereocenters.